The Morgan fingerprint density at radius 2 is 2.07 bits per heavy atom. The molecule has 3 aromatic rings. The third-order valence-electron chi connectivity index (χ3n) is 4.70. The lowest BCUT2D eigenvalue weighted by atomic mass is 9.99. The number of carbonyl (C=O) groups excluding carboxylic acids is 1. The van der Waals surface area contributed by atoms with Gasteiger partial charge in [0, 0.05) is 30.1 Å². The fourth-order valence-corrected chi connectivity index (χ4v) is 4.42. The van der Waals surface area contributed by atoms with Gasteiger partial charge in [-0.25, -0.2) is 0 Å². The van der Waals surface area contributed by atoms with Crippen molar-refractivity contribution in [1.82, 2.24) is 15.1 Å². The van der Waals surface area contributed by atoms with Crippen LogP contribution in [0.1, 0.15) is 25.7 Å². The minimum atomic E-state index is -4.47. The van der Waals surface area contributed by atoms with Crippen LogP contribution in [-0.2, 0) is 19.6 Å². The predicted molar refractivity (Wildman–Crippen MR) is 112 cm³/mol. The first-order chi connectivity index (χ1) is 14.1. The summed E-state index contributed by atoms with van der Waals surface area (Å²) in [7, 11) is 1.75. The number of nitrogens with two attached hydrogens (primary N) is 1. The number of alkyl halides is 3. The van der Waals surface area contributed by atoms with Crippen molar-refractivity contribution >= 4 is 28.8 Å². The third-order valence-corrected chi connectivity index (χ3v) is 6.03. The molecule has 5 nitrogen and oxygen atoms in total. The molecule has 10 heteroatoms. The maximum atomic E-state index is 13.2. The fourth-order valence-electron chi connectivity index (χ4n) is 3.23. The summed E-state index contributed by atoms with van der Waals surface area (Å²) in [6, 6.07) is 6.35. The zero-order valence-corrected chi connectivity index (χ0v) is 17.8. The van der Waals surface area contributed by atoms with Crippen LogP contribution in [-0.4, -0.2) is 28.3 Å². The maximum absolute atomic E-state index is 13.2. The van der Waals surface area contributed by atoms with E-state index in [1.807, 2.05) is 6.92 Å². The number of aryl methyl sites for hydroxylation is 2. The molecule has 0 saturated carbocycles. The van der Waals surface area contributed by atoms with Crippen molar-refractivity contribution in [2.24, 2.45) is 12.8 Å². The molecule has 2 aromatic heterocycles. The first-order valence-electron chi connectivity index (χ1n) is 9.06. The second-order valence-electron chi connectivity index (χ2n) is 6.81. The third kappa shape index (κ3) is 4.69. The molecule has 0 aliphatic carbocycles. The van der Waals surface area contributed by atoms with Gasteiger partial charge in [0.05, 0.1) is 27.4 Å². The Balaban J connectivity index is 1.80. The first kappa shape index (κ1) is 22.3. The number of hydrogen-bond acceptors (Lipinski definition) is 4. The summed E-state index contributed by atoms with van der Waals surface area (Å²) in [6.07, 6.45) is -2.97. The standard InChI is InChI=1S/C20H20ClF3N4OS/c1-11-14(18-16(21)10-26-28(18)2)8-17(30-11)19(29)27-13(9-25)7-12-5-3-4-6-15(12)20(22,23)24/h3-6,8,10,13H,7,9,25H2,1-2H3,(H,27,29). The van der Waals surface area contributed by atoms with Crippen LogP contribution in [0.3, 0.4) is 0 Å². The number of halogens is 4. The smallest absolute Gasteiger partial charge is 0.347 e. The second-order valence-corrected chi connectivity index (χ2v) is 8.47. The normalized spacial score (nSPS) is 12.8. The monoisotopic (exact) mass is 456 g/mol. The van der Waals surface area contributed by atoms with Gasteiger partial charge in [-0.05, 0) is 31.0 Å². The minimum absolute atomic E-state index is 0.00268. The Morgan fingerprint density at radius 3 is 2.67 bits per heavy atom. The summed E-state index contributed by atoms with van der Waals surface area (Å²) >= 11 is 7.47. The number of benzene rings is 1. The molecule has 0 bridgehead atoms. The molecule has 1 atom stereocenters. The van der Waals surface area contributed by atoms with E-state index in [0.717, 1.165) is 16.5 Å². The molecule has 160 valence electrons. The van der Waals surface area contributed by atoms with Gasteiger partial charge < -0.3 is 11.1 Å². The van der Waals surface area contributed by atoms with Crippen LogP contribution in [0.2, 0.25) is 5.02 Å². The van der Waals surface area contributed by atoms with E-state index in [4.69, 9.17) is 17.3 Å². The van der Waals surface area contributed by atoms with Crippen molar-refractivity contribution in [2.45, 2.75) is 25.6 Å². The van der Waals surface area contributed by atoms with Gasteiger partial charge in [0.15, 0.2) is 0 Å². The van der Waals surface area contributed by atoms with Gasteiger partial charge in [-0.1, -0.05) is 29.8 Å². The van der Waals surface area contributed by atoms with Gasteiger partial charge in [-0.3, -0.25) is 9.48 Å². The lowest BCUT2D eigenvalue weighted by Crippen LogP contribution is -2.41. The molecule has 1 unspecified atom stereocenters. The lowest BCUT2D eigenvalue weighted by Gasteiger charge is -2.19. The van der Waals surface area contributed by atoms with Gasteiger partial charge in [0.1, 0.15) is 0 Å². The van der Waals surface area contributed by atoms with E-state index in [1.165, 1.54) is 35.7 Å². The molecule has 0 radical (unpaired) electrons. The maximum Gasteiger partial charge on any atom is 0.416 e. The number of rotatable bonds is 6. The summed E-state index contributed by atoms with van der Waals surface area (Å²) in [5.41, 5.74) is 6.57. The van der Waals surface area contributed by atoms with Crippen molar-refractivity contribution < 1.29 is 18.0 Å². The van der Waals surface area contributed by atoms with Crippen LogP contribution in [0.5, 0.6) is 0 Å². The number of aromatic nitrogens is 2. The molecular weight excluding hydrogens is 437 g/mol. The molecule has 1 aromatic carbocycles. The van der Waals surface area contributed by atoms with Gasteiger partial charge >= 0.3 is 6.18 Å². The Hall–Kier alpha value is -2.36. The predicted octanol–water partition coefficient (Wildman–Crippen LogP) is 4.43. The van der Waals surface area contributed by atoms with E-state index < -0.39 is 23.7 Å². The van der Waals surface area contributed by atoms with Crippen molar-refractivity contribution in [2.75, 3.05) is 6.54 Å². The van der Waals surface area contributed by atoms with Gasteiger partial charge in [0.25, 0.3) is 5.91 Å². The van der Waals surface area contributed by atoms with Gasteiger partial charge in [0.2, 0.25) is 0 Å². The molecule has 0 spiro atoms. The quantitative estimate of drug-likeness (QED) is 0.576. The first-order valence-corrected chi connectivity index (χ1v) is 10.3. The zero-order valence-electron chi connectivity index (χ0n) is 16.3. The highest BCUT2D eigenvalue weighted by atomic mass is 35.5. The van der Waals surface area contributed by atoms with Crippen LogP contribution in [0.15, 0.2) is 36.5 Å². The average Bonchev–Trinajstić information content (AvgIpc) is 3.22. The highest BCUT2D eigenvalue weighted by molar-refractivity contribution is 7.14. The Kier molecular flexibility index (Phi) is 6.54. The summed E-state index contributed by atoms with van der Waals surface area (Å²) in [6.45, 7) is 1.86. The Morgan fingerprint density at radius 1 is 1.37 bits per heavy atom. The van der Waals surface area contributed by atoms with Gasteiger partial charge in [-0.2, -0.15) is 18.3 Å². The molecule has 30 heavy (non-hydrogen) atoms. The summed E-state index contributed by atoms with van der Waals surface area (Å²) in [5, 5.41) is 7.32. The van der Waals surface area contributed by atoms with Crippen LogP contribution in [0, 0.1) is 6.92 Å². The van der Waals surface area contributed by atoms with E-state index in [2.05, 4.69) is 10.4 Å². The number of carbonyl (C=O) groups is 1. The molecule has 0 aliphatic rings. The number of thiophene rings is 1. The highest BCUT2D eigenvalue weighted by Crippen LogP contribution is 2.35. The van der Waals surface area contributed by atoms with Crippen molar-refractivity contribution in [3.05, 3.63) is 62.4 Å². The number of hydrogen-bond donors (Lipinski definition) is 2. The summed E-state index contributed by atoms with van der Waals surface area (Å²) in [5.74, 6) is -0.396. The number of nitrogens with zero attached hydrogens (tertiary/aromatic N) is 2. The SMILES string of the molecule is Cc1sc(C(=O)NC(CN)Cc2ccccc2C(F)(F)F)cc1-c1c(Cl)cnn1C. The van der Waals surface area contributed by atoms with Crippen LogP contribution in [0.4, 0.5) is 13.2 Å². The van der Waals surface area contributed by atoms with Crippen molar-refractivity contribution in [1.29, 1.82) is 0 Å². The molecule has 0 fully saturated rings. The topological polar surface area (TPSA) is 72.9 Å². The molecule has 2 heterocycles. The van der Waals surface area contributed by atoms with E-state index in [0.29, 0.717) is 15.6 Å². The lowest BCUT2D eigenvalue weighted by molar-refractivity contribution is -0.138. The zero-order chi connectivity index (χ0) is 22.1. The largest absolute Gasteiger partial charge is 0.416 e. The van der Waals surface area contributed by atoms with Crippen LogP contribution in [0.25, 0.3) is 11.3 Å². The van der Waals surface area contributed by atoms with Crippen molar-refractivity contribution in [3.63, 3.8) is 0 Å². The fraction of sp³-hybridized carbons (Fsp3) is 0.300. The molecular formula is C20H20ClF3N4OS. The van der Waals surface area contributed by atoms with Crippen LogP contribution >= 0.6 is 22.9 Å². The number of amides is 1. The molecule has 0 aliphatic heterocycles. The Bertz CT molecular complexity index is 1040. The highest BCUT2D eigenvalue weighted by Gasteiger charge is 2.33. The number of nitrogens with one attached hydrogen (secondary N) is 1. The van der Waals surface area contributed by atoms with Crippen LogP contribution < -0.4 is 11.1 Å². The van der Waals surface area contributed by atoms with E-state index >= 15 is 0 Å². The molecule has 3 N–H and O–H groups in total. The van der Waals surface area contributed by atoms with E-state index in [1.54, 1.807) is 17.8 Å². The molecule has 3 rings (SSSR count). The molecule has 1 amide bonds. The average molecular weight is 457 g/mol. The van der Waals surface area contributed by atoms with E-state index in [-0.39, 0.29) is 18.5 Å². The van der Waals surface area contributed by atoms with E-state index in [9.17, 15) is 18.0 Å². The second kappa shape index (κ2) is 8.79. The summed E-state index contributed by atoms with van der Waals surface area (Å²) < 4.78 is 41.3. The van der Waals surface area contributed by atoms with Crippen molar-refractivity contribution in [3.8, 4) is 11.3 Å². The van der Waals surface area contributed by atoms with Gasteiger partial charge in [-0.15, -0.1) is 11.3 Å². The minimum Gasteiger partial charge on any atom is -0.347 e. The summed E-state index contributed by atoms with van der Waals surface area (Å²) in [4.78, 5) is 14.0. The Labute approximate surface area is 180 Å². The molecule has 0 saturated heterocycles.